The maximum absolute atomic E-state index is 6.60. The van der Waals surface area contributed by atoms with Crippen molar-refractivity contribution in [1.29, 1.82) is 0 Å². The van der Waals surface area contributed by atoms with E-state index in [-0.39, 0.29) is 5.41 Å². The van der Waals surface area contributed by atoms with E-state index in [0.717, 1.165) is 71.8 Å². The van der Waals surface area contributed by atoms with Crippen LogP contribution >= 0.6 is 0 Å². The Morgan fingerprint density at radius 2 is 1.17 bits per heavy atom. The predicted molar refractivity (Wildman–Crippen MR) is 216 cm³/mol. The molecule has 0 atom stereocenters. The SMILES string of the molecule is CC1(C)c2ccccc2-c2cccc(N(c3cccc(-c4cccc5oc6c7ccccc7ccc6c45)c3)c3ccc4oc5ccccc5c4c3)c21. The summed E-state index contributed by atoms with van der Waals surface area (Å²) in [5, 5.41) is 6.79. The third kappa shape index (κ3) is 4.08. The van der Waals surface area contributed by atoms with Crippen molar-refractivity contribution in [1.82, 2.24) is 0 Å². The molecule has 11 rings (SSSR count). The topological polar surface area (TPSA) is 29.5 Å². The maximum Gasteiger partial charge on any atom is 0.143 e. The average molecular weight is 668 g/mol. The molecule has 0 aliphatic heterocycles. The third-order valence-electron chi connectivity index (χ3n) is 11.2. The Balaban J connectivity index is 1.16. The Morgan fingerprint density at radius 1 is 0.462 bits per heavy atom. The van der Waals surface area contributed by atoms with Gasteiger partial charge in [0.05, 0.1) is 5.69 Å². The smallest absolute Gasteiger partial charge is 0.143 e. The molecule has 0 radical (unpaired) electrons. The first-order valence-corrected chi connectivity index (χ1v) is 17.9. The molecule has 3 nitrogen and oxygen atoms in total. The standard InChI is InChI=1S/C49H33NO2/c1-49(2)41-20-7-5-16-36(41)38-19-10-21-42(47(38)49)50(33-25-27-44-40(29-33)37-17-6-8-22-43(37)51-44)32-14-9-13-31(28-32)34-18-11-23-45-46(34)39-26-24-30-12-3-4-15-35(30)48(39)52-45/h3-29H,1-2H3. The van der Waals surface area contributed by atoms with Crippen LogP contribution in [-0.2, 0) is 5.41 Å². The van der Waals surface area contributed by atoms with Crippen molar-refractivity contribution < 1.29 is 8.83 Å². The highest BCUT2D eigenvalue weighted by Gasteiger charge is 2.38. The summed E-state index contributed by atoms with van der Waals surface area (Å²) in [5.74, 6) is 0. The highest BCUT2D eigenvalue weighted by molar-refractivity contribution is 6.19. The van der Waals surface area contributed by atoms with Crippen molar-refractivity contribution in [2.45, 2.75) is 19.3 Å². The van der Waals surface area contributed by atoms with Crippen molar-refractivity contribution in [2.24, 2.45) is 0 Å². The van der Waals surface area contributed by atoms with Gasteiger partial charge in [-0.1, -0.05) is 123 Å². The van der Waals surface area contributed by atoms with Gasteiger partial charge in [-0.05, 0) is 93.4 Å². The predicted octanol–water partition coefficient (Wildman–Crippen LogP) is 14.1. The van der Waals surface area contributed by atoms with Crippen LogP contribution in [0.1, 0.15) is 25.0 Å². The first-order valence-electron chi connectivity index (χ1n) is 17.9. The van der Waals surface area contributed by atoms with E-state index in [2.05, 4.69) is 170 Å². The fourth-order valence-electron chi connectivity index (χ4n) is 8.89. The third-order valence-corrected chi connectivity index (χ3v) is 11.2. The second-order valence-electron chi connectivity index (χ2n) is 14.5. The van der Waals surface area contributed by atoms with Crippen LogP contribution in [0.25, 0.3) is 76.9 Å². The molecular weight excluding hydrogens is 635 g/mol. The zero-order chi connectivity index (χ0) is 34.6. The van der Waals surface area contributed by atoms with Crippen LogP contribution in [0.4, 0.5) is 17.1 Å². The summed E-state index contributed by atoms with van der Waals surface area (Å²) in [4.78, 5) is 2.44. The zero-order valence-corrected chi connectivity index (χ0v) is 28.9. The van der Waals surface area contributed by atoms with Gasteiger partial charge >= 0.3 is 0 Å². The molecule has 1 aliphatic carbocycles. The summed E-state index contributed by atoms with van der Waals surface area (Å²) >= 11 is 0. The molecule has 52 heavy (non-hydrogen) atoms. The number of furan rings is 2. The molecule has 0 N–H and O–H groups in total. The lowest BCUT2D eigenvalue weighted by molar-refractivity contribution is 0.660. The number of rotatable bonds is 4. The summed E-state index contributed by atoms with van der Waals surface area (Å²) in [7, 11) is 0. The van der Waals surface area contributed by atoms with E-state index in [9.17, 15) is 0 Å². The number of hydrogen-bond acceptors (Lipinski definition) is 3. The Kier molecular flexibility index (Phi) is 6.01. The lowest BCUT2D eigenvalue weighted by atomic mass is 9.81. The Hall–Kier alpha value is -6.58. The normalized spacial score (nSPS) is 13.3. The van der Waals surface area contributed by atoms with Crippen LogP contribution in [0.15, 0.2) is 173 Å². The molecular formula is C49H33NO2. The number of nitrogens with zero attached hydrogens (tertiary/aromatic N) is 1. The van der Waals surface area contributed by atoms with Gasteiger partial charge in [0, 0.05) is 43.7 Å². The fraction of sp³-hybridized carbons (Fsp3) is 0.0612. The summed E-state index contributed by atoms with van der Waals surface area (Å²) in [6.07, 6.45) is 0. The highest BCUT2D eigenvalue weighted by atomic mass is 16.3. The molecule has 0 amide bonds. The molecule has 0 unspecified atom stereocenters. The minimum Gasteiger partial charge on any atom is -0.456 e. The van der Waals surface area contributed by atoms with E-state index in [1.54, 1.807) is 0 Å². The van der Waals surface area contributed by atoms with Crippen molar-refractivity contribution in [3.8, 4) is 22.3 Å². The number of fused-ring (bicyclic) bond motifs is 11. The largest absolute Gasteiger partial charge is 0.456 e. The van der Waals surface area contributed by atoms with Crippen LogP contribution in [0, 0.1) is 0 Å². The van der Waals surface area contributed by atoms with E-state index in [0.29, 0.717) is 0 Å². The molecule has 1 aliphatic rings. The van der Waals surface area contributed by atoms with Gasteiger partial charge in [-0.15, -0.1) is 0 Å². The van der Waals surface area contributed by atoms with Crippen LogP contribution in [0.2, 0.25) is 0 Å². The van der Waals surface area contributed by atoms with Crippen LogP contribution in [-0.4, -0.2) is 0 Å². The Morgan fingerprint density at radius 3 is 2.12 bits per heavy atom. The molecule has 8 aromatic carbocycles. The summed E-state index contributed by atoms with van der Waals surface area (Å²) in [5.41, 5.74) is 14.3. The van der Waals surface area contributed by atoms with Gasteiger partial charge < -0.3 is 13.7 Å². The van der Waals surface area contributed by atoms with Crippen molar-refractivity contribution in [3.63, 3.8) is 0 Å². The van der Waals surface area contributed by atoms with Crippen LogP contribution in [0.5, 0.6) is 0 Å². The summed E-state index contributed by atoms with van der Waals surface area (Å²) in [6.45, 7) is 4.72. The van der Waals surface area contributed by atoms with Crippen molar-refractivity contribution in [3.05, 3.63) is 175 Å². The zero-order valence-electron chi connectivity index (χ0n) is 28.9. The Labute approximate surface area is 301 Å². The van der Waals surface area contributed by atoms with Gasteiger partial charge in [0.2, 0.25) is 0 Å². The minimum absolute atomic E-state index is 0.200. The Bertz CT molecular complexity index is 3070. The van der Waals surface area contributed by atoms with Gasteiger partial charge in [-0.2, -0.15) is 0 Å². The lowest BCUT2D eigenvalue weighted by Gasteiger charge is -2.32. The first kappa shape index (κ1) is 29.2. The number of benzene rings is 8. The van der Waals surface area contributed by atoms with E-state index in [1.807, 2.05) is 12.1 Å². The van der Waals surface area contributed by atoms with Gasteiger partial charge in [-0.25, -0.2) is 0 Å². The van der Waals surface area contributed by atoms with E-state index in [1.165, 1.54) is 33.3 Å². The molecule has 2 aromatic heterocycles. The fourth-order valence-corrected chi connectivity index (χ4v) is 8.89. The molecule has 0 saturated heterocycles. The highest BCUT2D eigenvalue weighted by Crippen LogP contribution is 2.54. The van der Waals surface area contributed by atoms with Crippen LogP contribution in [0.3, 0.4) is 0 Å². The molecule has 246 valence electrons. The van der Waals surface area contributed by atoms with Crippen molar-refractivity contribution in [2.75, 3.05) is 4.90 Å². The maximum atomic E-state index is 6.60. The van der Waals surface area contributed by atoms with Gasteiger partial charge in [-0.3, -0.25) is 0 Å². The second kappa shape index (κ2) is 10.7. The van der Waals surface area contributed by atoms with E-state index in [4.69, 9.17) is 8.83 Å². The first-order chi connectivity index (χ1) is 25.5. The van der Waals surface area contributed by atoms with Gasteiger partial charge in [0.1, 0.15) is 22.3 Å². The second-order valence-corrected chi connectivity index (χ2v) is 14.5. The molecule has 3 heteroatoms. The molecule has 0 spiro atoms. The van der Waals surface area contributed by atoms with Crippen molar-refractivity contribution >= 4 is 71.7 Å². The van der Waals surface area contributed by atoms with Gasteiger partial charge in [0.15, 0.2) is 0 Å². The molecule has 2 heterocycles. The summed E-state index contributed by atoms with van der Waals surface area (Å²) in [6, 6.07) is 58.8. The monoisotopic (exact) mass is 667 g/mol. The lowest BCUT2D eigenvalue weighted by Crippen LogP contribution is -2.20. The molecule has 0 fully saturated rings. The average Bonchev–Trinajstić information content (AvgIpc) is 3.83. The van der Waals surface area contributed by atoms with Crippen LogP contribution < -0.4 is 4.90 Å². The van der Waals surface area contributed by atoms with E-state index >= 15 is 0 Å². The molecule has 0 bridgehead atoms. The minimum atomic E-state index is -0.200. The molecule has 10 aromatic rings. The number of hydrogen-bond donors (Lipinski definition) is 0. The quantitative estimate of drug-likeness (QED) is 0.187. The summed E-state index contributed by atoms with van der Waals surface area (Å²) < 4.78 is 12.9. The number of para-hydroxylation sites is 1. The van der Waals surface area contributed by atoms with E-state index < -0.39 is 0 Å². The molecule has 0 saturated carbocycles. The number of anilines is 3. The van der Waals surface area contributed by atoms with Gasteiger partial charge in [0.25, 0.3) is 0 Å².